The summed E-state index contributed by atoms with van der Waals surface area (Å²) in [5.74, 6) is 0.659. The number of hydrogen-bond acceptors (Lipinski definition) is 5. The Morgan fingerprint density at radius 2 is 2.20 bits per heavy atom. The Morgan fingerprint density at radius 1 is 1.47 bits per heavy atom. The van der Waals surface area contributed by atoms with Gasteiger partial charge in [-0.1, -0.05) is 0 Å². The van der Waals surface area contributed by atoms with Crippen LogP contribution >= 0.6 is 11.3 Å². The zero-order valence-electron chi connectivity index (χ0n) is 7.80. The average Bonchev–Trinajstić information content (AvgIpc) is 2.59. The van der Waals surface area contributed by atoms with Gasteiger partial charge in [-0.25, -0.2) is 18.5 Å². The minimum absolute atomic E-state index is 0.0780. The fraction of sp³-hybridized carbons (Fsp3) is 0.125. The van der Waals surface area contributed by atoms with Crippen LogP contribution in [0.25, 0.3) is 10.2 Å². The molecular formula is C8H8N2O3S2. The molecule has 0 bridgehead atoms. The number of hydrogen-bond donors (Lipinski definition) is 1. The maximum atomic E-state index is 11.1. The lowest BCUT2D eigenvalue weighted by Crippen LogP contribution is -2.11. The van der Waals surface area contributed by atoms with Crippen LogP contribution in [0, 0.1) is 0 Å². The Morgan fingerprint density at radius 3 is 2.80 bits per heavy atom. The van der Waals surface area contributed by atoms with Gasteiger partial charge in [0.05, 0.1) is 17.3 Å². The topological polar surface area (TPSA) is 82.3 Å². The fourth-order valence-corrected chi connectivity index (χ4v) is 2.82. The number of thiazole rings is 1. The summed E-state index contributed by atoms with van der Waals surface area (Å²) >= 11 is 1.03. The summed E-state index contributed by atoms with van der Waals surface area (Å²) in [5, 5.41) is 4.98. The molecule has 1 heterocycles. The van der Waals surface area contributed by atoms with Crippen LogP contribution in [0.1, 0.15) is 0 Å². The molecule has 1 aromatic heterocycles. The quantitative estimate of drug-likeness (QED) is 0.852. The number of aromatic nitrogens is 1. The first-order valence-corrected chi connectivity index (χ1v) is 6.34. The Balaban J connectivity index is 2.66. The van der Waals surface area contributed by atoms with Crippen LogP contribution in [-0.4, -0.2) is 20.5 Å². The van der Waals surface area contributed by atoms with Gasteiger partial charge >= 0.3 is 0 Å². The fourth-order valence-electron chi connectivity index (χ4n) is 1.13. The highest BCUT2D eigenvalue weighted by molar-refractivity contribution is 7.91. The van der Waals surface area contributed by atoms with E-state index in [2.05, 4.69) is 4.98 Å². The lowest BCUT2D eigenvalue weighted by molar-refractivity contribution is 0.415. The number of rotatable bonds is 2. The van der Waals surface area contributed by atoms with Gasteiger partial charge < -0.3 is 4.74 Å². The molecule has 0 spiro atoms. The number of nitrogens with zero attached hydrogens (tertiary/aromatic N) is 1. The number of benzene rings is 1. The van der Waals surface area contributed by atoms with Crippen molar-refractivity contribution in [2.24, 2.45) is 5.14 Å². The highest BCUT2D eigenvalue weighted by atomic mass is 32.2. The number of ether oxygens (including phenoxy) is 1. The molecule has 7 heteroatoms. The number of nitrogens with two attached hydrogens (primary N) is 1. The number of sulfonamides is 1. The van der Waals surface area contributed by atoms with Crippen molar-refractivity contribution in [2.45, 2.75) is 4.34 Å². The van der Waals surface area contributed by atoms with Crippen LogP contribution in [0.2, 0.25) is 0 Å². The van der Waals surface area contributed by atoms with Crippen molar-refractivity contribution >= 4 is 31.6 Å². The minimum Gasteiger partial charge on any atom is -0.497 e. The summed E-state index contributed by atoms with van der Waals surface area (Å²) in [5.41, 5.74) is 0.602. The van der Waals surface area contributed by atoms with Crippen LogP contribution in [0.4, 0.5) is 0 Å². The third kappa shape index (κ3) is 1.94. The summed E-state index contributed by atoms with van der Waals surface area (Å²) in [6.07, 6.45) is 0. The van der Waals surface area contributed by atoms with E-state index in [4.69, 9.17) is 9.88 Å². The largest absolute Gasteiger partial charge is 0.497 e. The van der Waals surface area contributed by atoms with Crippen LogP contribution < -0.4 is 9.88 Å². The van der Waals surface area contributed by atoms with Gasteiger partial charge in [-0.05, 0) is 18.2 Å². The standard InChI is InChI=1S/C8H8N2O3S2/c1-13-5-2-3-6-7(4-5)14-8(10-6)15(9,11)12/h2-4H,1H3,(H2,9,11,12). The van der Waals surface area contributed by atoms with Crippen molar-refractivity contribution in [2.75, 3.05) is 7.11 Å². The predicted molar refractivity (Wildman–Crippen MR) is 57.5 cm³/mol. The van der Waals surface area contributed by atoms with Gasteiger partial charge in [0.2, 0.25) is 4.34 Å². The molecule has 0 unspecified atom stereocenters. The summed E-state index contributed by atoms with van der Waals surface area (Å²) in [7, 11) is -2.17. The Kier molecular flexibility index (Phi) is 2.37. The van der Waals surface area contributed by atoms with Gasteiger partial charge in [0, 0.05) is 0 Å². The lowest BCUT2D eigenvalue weighted by Gasteiger charge is -1.96. The molecule has 1 aromatic carbocycles. The predicted octanol–water partition coefficient (Wildman–Crippen LogP) is 0.952. The number of fused-ring (bicyclic) bond motifs is 1. The molecular weight excluding hydrogens is 236 g/mol. The van der Waals surface area contributed by atoms with Crippen molar-refractivity contribution in [3.8, 4) is 5.75 Å². The second kappa shape index (κ2) is 3.44. The van der Waals surface area contributed by atoms with E-state index in [1.807, 2.05) is 0 Å². The number of methoxy groups -OCH3 is 1. The molecule has 0 radical (unpaired) electrons. The van der Waals surface area contributed by atoms with E-state index in [-0.39, 0.29) is 4.34 Å². The first-order valence-electron chi connectivity index (χ1n) is 3.98. The van der Waals surface area contributed by atoms with E-state index < -0.39 is 10.0 Å². The molecule has 2 aromatic rings. The molecule has 0 fully saturated rings. The third-order valence-corrected chi connectivity index (χ3v) is 4.16. The first-order chi connectivity index (χ1) is 7.00. The van der Waals surface area contributed by atoms with Crippen molar-refractivity contribution in [3.05, 3.63) is 18.2 Å². The molecule has 15 heavy (non-hydrogen) atoms. The lowest BCUT2D eigenvalue weighted by atomic mass is 10.3. The van der Waals surface area contributed by atoms with Crippen molar-refractivity contribution in [1.82, 2.24) is 4.98 Å². The van der Waals surface area contributed by atoms with E-state index in [0.29, 0.717) is 11.3 Å². The van der Waals surface area contributed by atoms with E-state index in [1.54, 1.807) is 25.3 Å². The van der Waals surface area contributed by atoms with E-state index in [1.165, 1.54) is 0 Å². The molecule has 5 nitrogen and oxygen atoms in total. The SMILES string of the molecule is COc1ccc2nc(S(N)(=O)=O)sc2c1. The van der Waals surface area contributed by atoms with Crippen LogP contribution in [0.5, 0.6) is 5.75 Å². The molecule has 0 aliphatic heterocycles. The normalized spacial score (nSPS) is 11.9. The van der Waals surface area contributed by atoms with Gasteiger partial charge in [-0.3, -0.25) is 0 Å². The smallest absolute Gasteiger partial charge is 0.265 e. The molecule has 0 saturated heterocycles. The maximum Gasteiger partial charge on any atom is 0.265 e. The molecule has 80 valence electrons. The van der Waals surface area contributed by atoms with Crippen LogP contribution in [-0.2, 0) is 10.0 Å². The highest BCUT2D eigenvalue weighted by Crippen LogP contribution is 2.27. The Bertz CT molecular complexity index is 603. The highest BCUT2D eigenvalue weighted by Gasteiger charge is 2.14. The molecule has 0 amide bonds. The van der Waals surface area contributed by atoms with Crippen LogP contribution in [0.3, 0.4) is 0 Å². The molecule has 0 aliphatic rings. The minimum atomic E-state index is -3.72. The zero-order chi connectivity index (χ0) is 11.1. The zero-order valence-corrected chi connectivity index (χ0v) is 9.43. The Hall–Kier alpha value is -1.18. The second-order valence-electron chi connectivity index (χ2n) is 2.86. The monoisotopic (exact) mass is 244 g/mol. The molecule has 2 rings (SSSR count). The summed E-state index contributed by atoms with van der Waals surface area (Å²) in [6.45, 7) is 0. The third-order valence-electron chi connectivity index (χ3n) is 1.82. The van der Waals surface area contributed by atoms with Gasteiger partial charge in [-0.2, -0.15) is 0 Å². The van der Waals surface area contributed by atoms with Crippen molar-refractivity contribution in [3.63, 3.8) is 0 Å². The Labute approximate surface area is 90.6 Å². The molecule has 0 aliphatic carbocycles. The molecule has 0 saturated carbocycles. The number of primary sulfonamides is 1. The van der Waals surface area contributed by atoms with Crippen molar-refractivity contribution in [1.29, 1.82) is 0 Å². The van der Waals surface area contributed by atoms with Gasteiger partial charge in [0.15, 0.2) is 0 Å². The summed E-state index contributed by atoms with van der Waals surface area (Å²) in [4.78, 5) is 3.91. The second-order valence-corrected chi connectivity index (χ2v) is 5.62. The summed E-state index contributed by atoms with van der Waals surface area (Å²) < 4.78 is 27.8. The molecule has 0 atom stereocenters. The van der Waals surface area contributed by atoms with Gasteiger partial charge in [0.25, 0.3) is 10.0 Å². The molecule has 2 N–H and O–H groups in total. The van der Waals surface area contributed by atoms with Gasteiger partial charge in [0.1, 0.15) is 5.75 Å². The maximum absolute atomic E-state index is 11.1. The first kappa shape index (κ1) is 10.3. The van der Waals surface area contributed by atoms with E-state index in [0.717, 1.165) is 16.0 Å². The average molecular weight is 244 g/mol. The van der Waals surface area contributed by atoms with Crippen LogP contribution in [0.15, 0.2) is 22.5 Å². The van der Waals surface area contributed by atoms with E-state index in [9.17, 15) is 8.42 Å². The van der Waals surface area contributed by atoms with Crippen molar-refractivity contribution < 1.29 is 13.2 Å². The summed E-state index contributed by atoms with van der Waals surface area (Å²) in [6, 6.07) is 5.13. The van der Waals surface area contributed by atoms with Gasteiger partial charge in [-0.15, -0.1) is 11.3 Å². The van der Waals surface area contributed by atoms with E-state index >= 15 is 0 Å².